The molecule has 0 aliphatic carbocycles. The van der Waals surface area contributed by atoms with Crippen LogP contribution in [-0.2, 0) is 0 Å². The van der Waals surface area contributed by atoms with Crippen LogP contribution in [-0.4, -0.2) is 36.2 Å². The van der Waals surface area contributed by atoms with E-state index in [2.05, 4.69) is 11.9 Å². The first-order chi connectivity index (χ1) is 21.1. The molecule has 1 heterocycles. The molecular weight excluding hydrogens is 568 g/mol. The Morgan fingerprint density at radius 3 is 2.25 bits per heavy atom. The van der Waals surface area contributed by atoms with Crippen molar-refractivity contribution in [3.8, 4) is 0 Å². The largest absolute Gasteiger partial charge is 0.355 e. The van der Waals surface area contributed by atoms with Gasteiger partial charge in [0.15, 0.2) is 0 Å². The molecule has 1 fully saturated rings. The van der Waals surface area contributed by atoms with E-state index in [0.717, 1.165) is 10.5 Å². The van der Waals surface area contributed by atoms with Gasteiger partial charge < -0.3 is 10.2 Å². The van der Waals surface area contributed by atoms with Crippen LogP contribution in [0.5, 0.6) is 0 Å². The average molecular weight is 601 g/mol. The third-order valence-electron chi connectivity index (χ3n) is 7.89. The molecule has 0 spiro atoms. The molecule has 0 atom stereocenters. The standard InChI is InChI=1S/C35H32F4N4O/c1-22-7-3-4-12-32(22)43(35(38)39)23(2)24-15-17-42(18-16-24)34(44)26-13-14-31(41-29-11-6-10-28(37)21-29)30(20-26)33(40)25-8-5-9-27(36)19-25/h3-14,19-21,24,35,40-41H,2,15-18H2,1H3. The Morgan fingerprint density at radius 2 is 1.59 bits per heavy atom. The smallest absolute Gasteiger partial charge is 0.319 e. The maximum absolute atomic E-state index is 14.2. The number of allylic oxidation sites excluding steroid dienone is 1. The molecule has 4 aromatic carbocycles. The van der Waals surface area contributed by atoms with Crippen LogP contribution in [0.25, 0.3) is 0 Å². The Labute approximate surface area is 254 Å². The van der Waals surface area contributed by atoms with Crippen molar-refractivity contribution < 1.29 is 22.4 Å². The lowest BCUT2D eigenvalue weighted by Gasteiger charge is -2.37. The predicted molar refractivity (Wildman–Crippen MR) is 166 cm³/mol. The molecule has 1 amide bonds. The van der Waals surface area contributed by atoms with Crippen molar-refractivity contribution in [2.75, 3.05) is 23.3 Å². The van der Waals surface area contributed by atoms with Gasteiger partial charge in [0.05, 0.1) is 5.71 Å². The number of carbonyl (C=O) groups excluding carboxylic acids is 1. The van der Waals surface area contributed by atoms with Crippen LogP contribution in [0.1, 0.15) is 39.9 Å². The number of hydrogen-bond acceptors (Lipinski definition) is 4. The molecule has 1 aliphatic heterocycles. The number of rotatable bonds is 9. The highest BCUT2D eigenvalue weighted by Crippen LogP contribution is 2.34. The molecular formula is C35H32F4N4O. The molecule has 9 heteroatoms. The number of aryl methyl sites for hydroxylation is 1. The number of likely N-dealkylation sites (tertiary alicyclic amines) is 1. The summed E-state index contributed by atoms with van der Waals surface area (Å²) in [5.41, 5.74) is 3.28. The second kappa shape index (κ2) is 13.2. The fourth-order valence-electron chi connectivity index (χ4n) is 5.53. The van der Waals surface area contributed by atoms with Crippen molar-refractivity contribution in [1.29, 1.82) is 5.41 Å². The van der Waals surface area contributed by atoms with Crippen LogP contribution < -0.4 is 10.2 Å². The summed E-state index contributed by atoms with van der Waals surface area (Å²) in [6.07, 6.45) is 0.926. The van der Waals surface area contributed by atoms with E-state index >= 15 is 0 Å². The number of halogens is 4. The number of anilines is 3. The van der Waals surface area contributed by atoms with Crippen molar-refractivity contribution >= 4 is 28.7 Å². The molecule has 44 heavy (non-hydrogen) atoms. The van der Waals surface area contributed by atoms with Crippen molar-refractivity contribution in [2.45, 2.75) is 26.3 Å². The van der Waals surface area contributed by atoms with Crippen molar-refractivity contribution in [2.24, 2.45) is 5.92 Å². The second-order valence-corrected chi connectivity index (χ2v) is 10.8. The molecule has 0 unspecified atom stereocenters. The highest BCUT2D eigenvalue weighted by atomic mass is 19.3. The Hall–Kier alpha value is -4.92. The number of amides is 1. The molecule has 5 nitrogen and oxygen atoms in total. The lowest BCUT2D eigenvalue weighted by Crippen LogP contribution is -2.41. The van der Waals surface area contributed by atoms with E-state index in [9.17, 15) is 22.4 Å². The van der Waals surface area contributed by atoms with Crippen LogP contribution >= 0.6 is 0 Å². The zero-order valence-electron chi connectivity index (χ0n) is 24.2. The summed E-state index contributed by atoms with van der Waals surface area (Å²) in [7, 11) is 0. The predicted octanol–water partition coefficient (Wildman–Crippen LogP) is 8.53. The summed E-state index contributed by atoms with van der Waals surface area (Å²) in [6.45, 7) is 3.73. The number of benzene rings is 4. The van der Waals surface area contributed by atoms with Crippen molar-refractivity contribution in [3.63, 3.8) is 0 Å². The first-order valence-corrected chi connectivity index (χ1v) is 14.2. The van der Waals surface area contributed by atoms with Crippen molar-refractivity contribution in [3.05, 3.63) is 137 Å². The van der Waals surface area contributed by atoms with Gasteiger partial charge in [0.25, 0.3) is 5.91 Å². The zero-order chi connectivity index (χ0) is 31.4. The first-order valence-electron chi connectivity index (χ1n) is 14.2. The summed E-state index contributed by atoms with van der Waals surface area (Å²) in [6, 6.07) is 23.2. The highest BCUT2D eigenvalue weighted by molar-refractivity contribution is 6.15. The maximum atomic E-state index is 14.2. The minimum Gasteiger partial charge on any atom is -0.355 e. The normalized spacial score (nSPS) is 13.5. The van der Waals surface area contributed by atoms with Gasteiger partial charge >= 0.3 is 6.55 Å². The number of piperidine rings is 1. The maximum Gasteiger partial charge on any atom is 0.319 e. The number of carbonyl (C=O) groups is 1. The number of nitrogens with one attached hydrogen (secondary N) is 2. The SMILES string of the molecule is C=C(C1CCN(C(=O)c2ccc(Nc3cccc(F)c3)c(C(=N)c3cccc(F)c3)c2)CC1)N(c1ccccc1C)C(F)F. The Kier molecular flexibility index (Phi) is 9.13. The molecule has 2 N–H and O–H groups in total. The first kappa shape index (κ1) is 30.5. The lowest BCUT2D eigenvalue weighted by atomic mass is 9.92. The fourth-order valence-corrected chi connectivity index (χ4v) is 5.53. The van der Waals surface area contributed by atoms with Gasteiger partial charge in [-0.15, -0.1) is 0 Å². The Bertz CT molecular complexity index is 1700. The van der Waals surface area contributed by atoms with E-state index in [1.54, 1.807) is 72.5 Å². The lowest BCUT2D eigenvalue weighted by molar-refractivity contribution is 0.0695. The Morgan fingerprint density at radius 1 is 0.909 bits per heavy atom. The van der Waals surface area contributed by atoms with Gasteiger partial charge in [-0.1, -0.05) is 43.0 Å². The van der Waals surface area contributed by atoms with Crippen LogP contribution in [0.15, 0.2) is 103 Å². The number of alkyl halides is 2. The van der Waals surface area contributed by atoms with Gasteiger partial charge in [-0.25, -0.2) is 8.78 Å². The molecule has 5 rings (SSSR count). The van der Waals surface area contributed by atoms with Gasteiger partial charge in [0, 0.05) is 58.5 Å². The van der Waals surface area contributed by atoms with E-state index < -0.39 is 18.2 Å². The molecule has 226 valence electrons. The minimum absolute atomic E-state index is 0.0173. The highest BCUT2D eigenvalue weighted by Gasteiger charge is 2.31. The minimum atomic E-state index is -2.76. The van der Waals surface area contributed by atoms with E-state index in [1.165, 1.54) is 30.3 Å². The van der Waals surface area contributed by atoms with Crippen LogP contribution in [0.3, 0.4) is 0 Å². The van der Waals surface area contributed by atoms with Gasteiger partial charge in [0.2, 0.25) is 0 Å². The van der Waals surface area contributed by atoms with Gasteiger partial charge in [-0.3, -0.25) is 15.1 Å². The topological polar surface area (TPSA) is 59.4 Å². The summed E-state index contributed by atoms with van der Waals surface area (Å²) in [5, 5.41) is 12.0. The zero-order valence-corrected chi connectivity index (χ0v) is 24.2. The van der Waals surface area contributed by atoms with Gasteiger partial charge in [0.1, 0.15) is 11.6 Å². The van der Waals surface area contributed by atoms with E-state index in [-0.39, 0.29) is 17.5 Å². The molecule has 1 aliphatic rings. The molecule has 0 radical (unpaired) electrons. The average Bonchev–Trinajstić information content (AvgIpc) is 3.01. The number of para-hydroxylation sites is 1. The third kappa shape index (κ3) is 6.67. The Balaban J connectivity index is 1.36. The summed E-state index contributed by atoms with van der Waals surface area (Å²) >= 11 is 0. The molecule has 4 aromatic rings. The van der Waals surface area contributed by atoms with E-state index in [4.69, 9.17) is 5.41 Å². The molecule has 0 bridgehead atoms. The fraction of sp³-hybridized carbons (Fsp3) is 0.200. The summed E-state index contributed by atoms with van der Waals surface area (Å²) in [5.74, 6) is -1.45. The quantitative estimate of drug-likeness (QED) is 0.115. The monoisotopic (exact) mass is 600 g/mol. The molecule has 0 aromatic heterocycles. The summed E-state index contributed by atoms with van der Waals surface area (Å²) < 4.78 is 56.2. The number of nitrogens with zero attached hydrogens (tertiary/aromatic N) is 2. The third-order valence-corrected chi connectivity index (χ3v) is 7.89. The van der Waals surface area contributed by atoms with Crippen LogP contribution in [0.2, 0.25) is 0 Å². The van der Waals surface area contributed by atoms with Gasteiger partial charge in [-0.05, 0) is 79.9 Å². The van der Waals surface area contributed by atoms with Crippen LogP contribution in [0, 0.1) is 29.9 Å². The molecule has 0 saturated carbocycles. The molecule has 1 saturated heterocycles. The second-order valence-electron chi connectivity index (χ2n) is 10.8. The van der Waals surface area contributed by atoms with Crippen LogP contribution in [0.4, 0.5) is 34.6 Å². The van der Waals surface area contributed by atoms with Gasteiger partial charge in [-0.2, -0.15) is 8.78 Å². The summed E-state index contributed by atoms with van der Waals surface area (Å²) in [4.78, 5) is 16.3. The van der Waals surface area contributed by atoms with Crippen molar-refractivity contribution in [1.82, 2.24) is 4.90 Å². The number of hydrogen-bond donors (Lipinski definition) is 2. The van der Waals surface area contributed by atoms with E-state index in [1.807, 2.05) is 0 Å². The van der Waals surface area contributed by atoms with E-state index in [0.29, 0.717) is 65.4 Å².